The number of halogens is 1. The van der Waals surface area contributed by atoms with E-state index in [1.807, 2.05) is 0 Å². The van der Waals surface area contributed by atoms with Crippen molar-refractivity contribution in [1.82, 2.24) is 10.2 Å². The van der Waals surface area contributed by atoms with Crippen molar-refractivity contribution in [2.45, 2.75) is 50.1 Å². The lowest BCUT2D eigenvalue weighted by Crippen LogP contribution is -2.45. The Morgan fingerprint density at radius 3 is 2.93 bits per heavy atom. The molecule has 2 aliphatic rings. The Labute approximate surface area is 159 Å². The summed E-state index contributed by atoms with van der Waals surface area (Å²) in [4.78, 5) is 26.2. The highest BCUT2D eigenvalue weighted by atomic mass is 19.1. The molecule has 2 fully saturated rings. The summed E-state index contributed by atoms with van der Waals surface area (Å²) in [5.41, 5.74) is -0.117. The van der Waals surface area contributed by atoms with Crippen LogP contribution in [0.15, 0.2) is 18.2 Å². The van der Waals surface area contributed by atoms with Crippen LogP contribution in [0.4, 0.5) is 4.39 Å². The van der Waals surface area contributed by atoms with Crippen LogP contribution in [-0.4, -0.2) is 55.7 Å². The molecule has 0 unspecified atom stereocenters. The molecule has 1 aromatic carbocycles. The summed E-state index contributed by atoms with van der Waals surface area (Å²) in [6.07, 6.45) is 2.95. The van der Waals surface area contributed by atoms with Gasteiger partial charge < -0.3 is 19.7 Å². The van der Waals surface area contributed by atoms with Crippen molar-refractivity contribution in [2.24, 2.45) is 0 Å². The molecule has 0 bridgehead atoms. The van der Waals surface area contributed by atoms with Crippen molar-refractivity contribution in [3.05, 3.63) is 29.6 Å². The number of carbonyl (C=O) groups excluding carboxylic acids is 2. The second-order valence-electron chi connectivity index (χ2n) is 7.48. The van der Waals surface area contributed by atoms with Gasteiger partial charge in [-0.05, 0) is 49.4 Å². The van der Waals surface area contributed by atoms with Crippen LogP contribution in [0.1, 0.15) is 37.7 Å². The van der Waals surface area contributed by atoms with Crippen molar-refractivity contribution in [1.29, 1.82) is 0 Å². The third-order valence-electron chi connectivity index (χ3n) is 5.68. The summed E-state index contributed by atoms with van der Waals surface area (Å²) in [7, 11) is 3.33. The number of nitrogens with one attached hydrogen (secondary N) is 1. The largest absolute Gasteiger partial charge is 0.497 e. The molecule has 148 valence electrons. The van der Waals surface area contributed by atoms with E-state index >= 15 is 0 Å². The minimum Gasteiger partial charge on any atom is -0.497 e. The maximum Gasteiger partial charge on any atom is 0.222 e. The van der Waals surface area contributed by atoms with Gasteiger partial charge in [-0.15, -0.1) is 0 Å². The number of nitrogens with zero attached hydrogens (tertiary/aromatic N) is 1. The first-order chi connectivity index (χ1) is 12.9. The van der Waals surface area contributed by atoms with Crippen LogP contribution in [0.3, 0.4) is 0 Å². The number of methoxy groups -OCH3 is 1. The van der Waals surface area contributed by atoms with Crippen LogP contribution in [0.2, 0.25) is 0 Å². The number of benzene rings is 1. The number of rotatable bonds is 7. The topological polar surface area (TPSA) is 67.9 Å². The highest BCUT2D eigenvalue weighted by Crippen LogP contribution is 2.32. The summed E-state index contributed by atoms with van der Waals surface area (Å²) in [6, 6.07) is 4.71. The summed E-state index contributed by atoms with van der Waals surface area (Å²) < 4.78 is 24.8. The Kier molecular flexibility index (Phi) is 5.99. The van der Waals surface area contributed by atoms with Gasteiger partial charge in [0.05, 0.1) is 19.8 Å². The molecule has 0 spiro atoms. The number of carbonyl (C=O) groups is 2. The Bertz CT molecular complexity index is 705. The molecule has 2 amide bonds. The molecule has 0 aromatic heterocycles. The zero-order valence-corrected chi connectivity index (χ0v) is 15.9. The van der Waals surface area contributed by atoms with E-state index < -0.39 is 5.54 Å². The van der Waals surface area contributed by atoms with Gasteiger partial charge in [-0.1, -0.05) is 0 Å². The fourth-order valence-corrected chi connectivity index (χ4v) is 3.91. The van der Waals surface area contributed by atoms with E-state index in [1.54, 1.807) is 24.1 Å². The lowest BCUT2D eigenvalue weighted by atomic mass is 9.84. The summed E-state index contributed by atoms with van der Waals surface area (Å²) in [5, 5.41) is 3.00. The number of amides is 2. The van der Waals surface area contributed by atoms with Crippen molar-refractivity contribution in [3.63, 3.8) is 0 Å². The number of hydrogen-bond acceptors (Lipinski definition) is 4. The predicted molar refractivity (Wildman–Crippen MR) is 98.0 cm³/mol. The highest BCUT2D eigenvalue weighted by Gasteiger charge is 2.39. The third kappa shape index (κ3) is 4.58. The molecule has 0 aliphatic carbocycles. The molecule has 2 heterocycles. The van der Waals surface area contributed by atoms with Crippen molar-refractivity contribution in [2.75, 3.05) is 27.4 Å². The minimum absolute atomic E-state index is 0.0251. The number of hydrogen-bond donors (Lipinski definition) is 1. The van der Waals surface area contributed by atoms with Crippen LogP contribution in [-0.2, 0) is 20.7 Å². The van der Waals surface area contributed by atoms with Gasteiger partial charge in [0.1, 0.15) is 11.6 Å². The smallest absolute Gasteiger partial charge is 0.222 e. The quantitative estimate of drug-likeness (QED) is 0.789. The maximum absolute atomic E-state index is 14.3. The second-order valence-corrected chi connectivity index (χ2v) is 7.48. The fraction of sp³-hybridized carbons (Fsp3) is 0.600. The fourth-order valence-electron chi connectivity index (χ4n) is 3.91. The maximum atomic E-state index is 14.3. The molecule has 7 heteroatoms. The van der Waals surface area contributed by atoms with E-state index in [4.69, 9.17) is 9.47 Å². The van der Waals surface area contributed by atoms with E-state index in [-0.39, 0.29) is 23.7 Å². The first-order valence-corrected chi connectivity index (χ1v) is 9.39. The molecule has 0 radical (unpaired) electrons. The van der Waals surface area contributed by atoms with Crippen molar-refractivity contribution in [3.8, 4) is 5.75 Å². The molecule has 27 heavy (non-hydrogen) atoms. The van der Waals surface area contributed by atoms with Gasteiger partial charge in [0.2, 0.25) is 11.8 Å². The Morgan fingerprint density at radius 1 is 1.48 bits per heavy atom. The van der Waals surface area contributed by atoms with Crippen LogP contribution >= 0.6 is 0 Å². The SMILES string of the molecule is COc1ccc(F)c(C[C@]2(CCC(=O)N(C)[C@@H]3CCOC3)CCC(=O)N2)c1. The monoisotopic (exact) mass is 378 g/mol. The van der Waals surface area contributed by atoms with E-state index in [0.29, 0.717) is 56.6 Å². The van der Waals surface area contributed by atoms with Gasteiger partial charge in [-0.2, -0.15) is 0 Å². The molecule has 2 saturated heterocycles. The molecular formula is C20H27FN2O4. The van der Waals surface area contributed by atoms with Crippen molar-refractivity contribution >= 4 is 11.8 Å². The van der Waals surface area contributed by atoms with Gasteiger partial charge >= 0.3 is 0 Å². The van der Waals surface area contributed by atoms with Crippen molar-refractivity contribution < 1.29 is 23.5 Å². The van der Waals surface area contributed by atoms with Gasteiger partial charge in [0.15, 0.2) is 0 Å². The zero-order chi connectivity index (χ0) is 19.4. The summed E-state index contributed by atoms with van der Waals surface area (Å²) in [5.74, 6) is 0.214. The van der Waals surface area contributed by atoms with E-state index in [9.17, 15) is 14.0 Å². The third-order valence-corrected chi connectivity index (χ3v) is 5.68. The van der Waals surface area contributed by atoms with Gasteiger partial charge in [-0.3, -0.25) is 9.59 Å². The molecule has 1 aromatic rings. The molecule has 0 saturated carbocycles. The summed E-state index contributed by atoms with van der Waals surface area (Å²) >= 11 is 0. The van der Waals surface area contributed by atoms with E-state index in [2.05, 4.69) is 5.32 Å². The van der Waals surface area contributed by atoms with Gasteiger partial charge in [0.25, 0.3) is 0 Å². The Hall–Kier alpha value is -2.15. The van der Waals surface area contributed by atoms with Crippen LogP contribution in [0.25, 0.3) is 0 Å². The molecule has 1 N–H and O–H groups in total. The highest BCUT2D eigenvalue weighted by molar-refractivity contribution is 5.80. The summed E-state index contributed by atoms with van der Waals surface area (Å²) in [6.45, 7) is 1.25. The van der Waals surface area contributed by atoms with Crippen LogP contribution in [0, 0.1) is 5.82 Å². The average Bonchev–Trinajstić information content (AvgIpc) is 3.31. The Morgan fingerprint density at radius 2 is 2.30 bits per heavy atom. The molecule has 2 aliphatic heterocycles. The van der Waals surface area contributed by atoms with Crippen LogP contribution in [0.5, 0.6) is 5.75 Å². The molecule has 3 rings (SSSR count). The van der Waals surface area contributed by atoms with E-state index in [0.717, 1.165) is 6.42 Å². The van der Waals surface area contributed by atoms with Gasteiger partial charge in [0, 0.05) is 32.0 Å². The first kappa shape index (κ1) is 19.6. The lowest BCUT2D eigenvalue weighted by molar-refractivity contribution is -0.132. The number of ether oxygens (including phenoxy) is 2. The first-order valence-electron chi connectivity index (χ1n) is 9.39. The average molecular weight is 378 g/mol. The lowest BCUT2D eigenvalue weighted by Gasteiger charge is -2.31. The molecular weight excluding hydrogens is 351 g/mol. The van der Waals surface area contributed by atoms with Crippen LogP contribution < -0.4 is 10.1 Å². The standard InChI is InChI=1S/C20H27FN2O4/c1-23(15-7-10-27-13-15)19(25)6-9-20(8-5-18(24)22-20)12-14-11-16(26-2)3-4-17(14)21/h3-4,11,15H,5-10,12-13H2,1-2H3,(H,22,24)/t15-,20-/m1/s1. The minimum atomic E-state index is -0.604. The number of likely N-dealkylation sites (N-methyl/N-ethyl adjacent to an activating group) is 1. The Balaban J connectivity index is 1.70. The second kappa shape index (κ2) is 8.25. The predicted octanol–water partition coefficient (Wildman–Crippen LogP) is 2.05. The molecule has 6 nitrogen and oxygen atoms in total. The van der Waals surface area contributed by atoms with Gasteiger partial charge in [-0.25, -0.2) is 4.39 Å². The normalized spacial score (nSPS) is 24.7. The van der Waals surface area contributed by atoms with E-state index in [1.165, 1.54) is 13.2 Å². The molecule has 2 atom stereocenters. The zero-order valence-electron chi connectivity index (χ0n) is 15.9.